The van der Waals surface area contributed by atoms with E-state index in [1.54, 1.807) is 56.3 Å². The highest BCUT2D eigenvalue weighted by Crippen LogP contribution is 2.41. The molecule has 5 nitrogen and oxygen atoms in total. The van der Waals surface area contributed by atoms with Gasteiger partial charge in [-0.15, -0.1) is 0 Å². The van der Waals surface area contributed by atoms with Gasteiger partial charge >= 0.3 is 0 Å². The van der Waals surface area contributed by atoms with Crippen molar-refractivity contribution in [2.75, 3.05) is 0 Å². The van der Waals surface area contributed by atoms with Crippen molar-refractivity contribution in [3.05, 3.63) is 70.8 Å². The predicted octanol–water partition coefficient (Wildman–Crippen LogP) is 2.61. The Morgan fingerprint density at radius 2 is 1.88 bits per heavy atom. The van der Waals surface area contributed by atoms with Crippen LogP contribution in [0.3, 0.4) is 0 Å². The summed E-state index contributed by atoms with van der Waals surface area (Å²) >= 11 is 0. The number of fused-ring (bicyclic) bond motifs is 1. The number of Topliss-reactive ketones (excluding diaryl/α,β-unsaturated/α-hetero) is 1. The molecule has 5 heteroatoms. The Morgan fingerprint density at radius 1 is 1.20 bits per heavy atom. The second-order valence-electron chi connectivity index (χ2n) is 6.73. The smallest absolute Gasteiger partial charge is 0.251 e. The summed E-state index contributed by atoms with van der Waals surface area (Å²) in [6.07, 6.45) is -1.10. The lowest BCUT2D eigenvalue weighted by Gasteiger charge is -2.40. The highest BCUT2D eigenvalue weighted by Gasteiger charge is 2.47. The molecule has 1 amide bonds. The molecule has 0 aromatic heterocycles. The average Bonchev–Trinajstić information content (AvgIpc) is 2.64. The van der Waals surface area contributed by atoms with E-state index in [-0.39, 0.29) is 11.7 Å². The van der Waals surface area contributed by atoms with E-state index in [2.05, 4.69) is 5.32 Å². The van der Waals surface area contributed by atoms with Crippen molar-refractivity contribution in [3.63, 3.8) is 0 Å². The van der Waals surface area contributed by atoms with Crippen LogP contribution in [0.2, 0.25) is 0 Å². The fourth-order valence-corrected chi connectivity index (χ4v) is 3.14. The lowest BCUT2D eigenvalue weighted by molar-refractivity contribution is 0.0129. The number of nitriles is 1. The number of hydrogen-bond donors (Lipinski definition) is 2. The third-order valence-corrected chi connectivity index (χ3v) is 4.72. The number of nitrogens with zero attached hydrogens (tertiary/aromatic N) is 1. The molecule has 2 aromatic carbocycles. The quantitative estimate of drug-likeness (QED) is 0.883. The second-order valence-corrected chi connectivity index (χ2v) is 6.73. The van der Waals surface area contributed by atoms with Gasteiger partial charge in [0.15, 0.2) is 5.78 Å². The standard InChI is InChI=1S/C20H18N2O3/c1-20(2)17(23)14-9-8-12(11-21)10-15(14)16(18(20)24)22-19(25)13-6-4-3-5-7-13/h3-10,16,18,24H,1-2H3,(H,22,25)/t16-,18+/m0/s1. The lowest BCUT2D eigenvalue weighted by atomic mass is 9.68. The number of aliphatic hydroxyl groups is 1. The van der Waals surface area contributed by atoms with Crippen LogP contribution in [0.15, 0.2) is 48.5 Å². The lowest BCUT2D eigenvalue weighted by Crippen LogP contribution is -2.51. The number of rotatable bonds is 2. The Hall–Kier alpha value is -2.97. The normalized spacial score (nSPS) is 21.1. The minimum Gasteiger partial charge on any atom is -0.390 e. The van der Waals surface area contributed by atoms with Crippen LogP contribution in [0.1, 0.15) is 51.7 Å². The topological polar surface area (TPSA) is 90.2 Å². The van der Waals surface area contributed by atoms with E-state index in [1.165, 1.54) is 0 Å². The number of benzene rings is 2. The third-order valence-electron chi connectivity index (χ3n) is 4.72. The molecule has 2 atom stereocenters. The number of ketones is 1. The molecule has 0 aliphatic heterocycles. The number of aliphatic hydroxyl groups excluding tert-OH is 1. The monoisotopic (exact) mass is 334 g/mol. The minimum absolute atomic E-state index is 0.204. The fraction of sp³-hybridized carbons (Fsp3) is 0.250. The van der Waals surface area contributed by atoms with Crippen LogP contribution < -0.4 is 5.32 Å². The molecule has 1 aliphatic carbocycles. The molecule has 0 fully saturated rings. The predicted molar refractivity (Wildman–Crippen MR) is 91.9 cm³/mol. The van der Waals surface area contributed by atoms with Crippen molar-refractivity contribution >= 4 is 11.7 Å². The van der Waals surface area contributed by atoms with Crippen molar-refractivity contribution in [1.29, 1.82) is 5.26 Å². The van der Waals surface area contributed by atoms with Gasteiger partial charge < -0.3 is 10.4 Å². The van der Waals surface area contributed by atoms with E-state index < -0.39 is 17.6 Å². The second kappa shape index (κ2) is 6.15. The molecule has 2 N–H and O–H groups in total. The Kier molecular flexibility index (Phi) is 4.15. The highest BCUT2D eigenvalue weighted by molar-refractivity contribution is 6.04. The van der Waals surface area contributed by atoms with Crippen molar-refractivity contribution in [1.82, 2.24) is 5.32 Å². The molecule has 0 radical (unpaired) electrons. The van der Waals surface area contributed by atoms with E-state index in [9.17, 15) is 14.7 Å². The third kappa shape index (κ3) is 2.81. The minimum atomic E-state index is -1.10. The van der Waals surface area contributed by atoms with Crippen molar-refractivity contribution < 1.29 is 14.7 Å². The zero-order valence-electron chi connectivity index (χ0n) is 14.0. The molecule has 0 saturated heterocycles. The van der Waals surface area contributed by atoms with E-state index in [4.69, 9.17) is 5.26 Å². The maximum absolute atomic E-state index is 12.7. The van der Waals surface area contributed by atoms with Gasteiger partial charge in [-0.2, -0.15) is 5.26 Å². The largest absolute Gasteiger partial charge is 0.390 e. The summed E-state index contributed by atoms with van der Waals surface area (Å²) in [5, 5.41) is 22.7. The van der Waals surface area contributed by atoms with Crippen LogP contribution in [0, 0.1) is 16.7 Å². The summed E-state index contributed by atoms with van der Waals surface area (Å²) in [5.74, 6) is -0.548. The van der Waals surface area contributed by atoms with E-state index >= 15 is 0 Å². The van der Waals surface area contributed by atoms with Crippen LogP contribution in [0.25, 0.3) is 0 Å². The maximum atomic E-state index is 12.7. The van der Waals surface area contributed by atoms with Crippen LogP contribution in [0.4, 0.5) is 0 Å². The Balaban J connectivity index is 2.06. The number of carbonyl (C=O) groups excluding carboxylic acids is 2. The van der Waals surface area contributed by atoms with Crippen LogP contribution in [0.5, 0.6) is 0 Å². The van der Waals surface area contributed by atoms with E-state index in [0.29, 0.717) is 22.3 Å². The highest BCUT2D eigenvalue weighted by atomic mass is 16.3. The summed E-state index contributed by atoms with van der Waals surface area (Å²) in [5.41, 5.74) is 0.683. The summed E-state index contributed by atoms with van der Waals surface area (Å²) in [4.78, 5) is 25.2. The van der Waals surface area contributed by atoms with Crippen molar-refractivity contribution in [2.45, 2.75) is 26.0 Å². The number of amides is 1. The summed E-state index contributed by atoms with van der Waals surface area (Å²) < 4.78 is 0. The Bertz CT molecular complexity index is 882. The van der Waals surface area contributed by atoms with Gasteiger partial charge in [-0.25, -0.2) is 0 Å². The first-order valence-electron chi connectivity index (χ1n) is 7.99. The van der Waals surface area contributed by atoms with Crippen LogP contribution in [-0.2, 0) is 0 Å². The Labute approximate surface area is 145 Å². The summed E-state index contributed by atoms with van der Waals surface area (Å²) in [6, 6.07) is 14.6. The fourth-order valence-electron chi connectivity index (χ4n) is 3.14. The maximum Gasteiger partial charge on any atom is 0.251 e. The number of carbonyl (C=O) groups is 2. The molecular weight excluding hydrogens is 316 g/mol. The Morgan fingerprint density at radius 3 is 2.52 bits per heavy atom. The summed E-state index contributed by atoms with van der Waals surface area (Å²) in [6.45, 7) is 3.31. The van der Waals surface area contributed by atoms with Gasteiger partial charge in [0, 0.05) is 11.1 Å². The zero-order valence-corrected chi connectivity index (χ0v) is 14.0. The zero-order chi connectivity index (χ0) is 18.2. The van der Waals surface area contributed by atoms with E-state index in [0.717, 1.165) is 0 Å². The molecular formula is C20H18N2O3. The average molecular weight is 334 g/mol. The van der Waals surface area contributed by atoms with Gasteiger partial charge in [0.25, 0.3) is 5.91 Å². The van der Waals surface area contributed by atoms with Crippen molar-refractivity contribution in [3.8, 4) is 6.07 Å². The van der Waals surface area contributed by atoms with Gasteiger partial charge in [0.05, 0.1) is 29.2 Å². The molecule has 0 saturated carbocycles. The van der Waals surface area contributed by atoms with Crippen molar-refractivity contribution in [2.24, 2.45) is 5.41 Å². The van der Waals surface area contributed by atoms with Gasteiger partial charge in [-0.05, 0) is 49.7 Å². The SMILES string of the molecule is CC1(C)C(=O)c2ccc(C#N)cc2[C@H](NC(=O)c2ccccc2)[C@H]1O. The van der Waals surface area contributed by atoms with Gasteiger partial charge in [-0.3, -0.25) is 9.59 Å². The molecule has 0 unspecified atom stereocenters. The van der Waals surface area contributed by atoms with E-state index in [1.807, 2.05) is 12.1 Å². The molecule has 0 spiro atoms. The van der Waals surface area contributed by atoms with Gasteiger partial charge in [0.1, 0.15) is 0 Å². The first-order chi connectivity index (χ1) is 11.9. The van der Waals surface area contributed by atoms with Gasteiger partial charge in [-0.1, -0.05) is 18.2 Å². The molecule has 126 valence electrons. The molecule has 0 bridgehead atoms. The van der Waals surface area contributed by atoms with Crippen LogP contribution in [-0.4, -0.2) is 22.9 Å². The number of hydrogen-bond acceptors (Lipinski definition) is 4. The first kappa shape index (κ1) is 16.9. The molecule has 25 heavy (non-hydrogen) atoms. The molecule has 2 aromatic rings. The summed E-state index contributed by atoms with van der Waals surface area (Å²) in [7, 11) is 0. The van der Waals surface area contributed by atoms with Crippen LogP contribution >= 0.6 is 0 Å². The first-order valence-corrected chi connectivity index (χ1v) is 7.99. The van der Waals surface area contributed by atoms with Gasteiger partial charge in [0.2, 0.25) is 0 Å². The molecule has 0 heterocycles. The number of nitrogens with one attached hydrogen (secondary N) is 1. The molecule has 1 aliphatic rings. The molecule has 3 rings (SSSR count).